The molecule has 1 aliphatic carbocycles. The number of carboxylic acids is 1. The highest BCUT2D eigenvalue weighted by Gasteiger charge is 2.42. The second kappa shape index (κ2) is 6.24. The molecule has 1 N–H and O–H groups in total. The van der Waals surface area contributed by atoms with Crippen molar-refractivity contribution in [2.75, 3.05) is 20.1 Å². The van der Waals surface area contributed by atoms with Crippen molar-refractivity contribution >= 4 is 12.0 Å². The number of piperidine rings is 1. The molecule has 0 bridgehead atoms. The Hall–Kier alpha value is -1.26. The lowest BCUT2D eigenvalue weighted by Gasteiger charge is -2.41. The first-order valence-corrected chi connectivity index (χ1v) is 8.16. The normalized spacial score (nSPS) is 22.7. The van der Waals surface area contributed by atoms with Crippen molar-refractivity contribution in [3.63, 3.8) is 0 Å². The third-order valence-electron chi connectivity index (χ3n) is 5.39. The highest BCUT2D eigenvalue weighted by atomic mass is 16.4. The predicted octanol–water partition coefficient (Wildman–Crippen LogP) is 2.80. The van der Waals surface area contributed by atoms with Crippen LogP contribution in [0.4, 0.5) is 4.79 Å². The van der Waals surface area contributed by atoms with Gasteiger partial charge in [0.25, 0.3) is 0 Å². The number of hydrogen-bond acceptors (Lipinski definition) is 2. The minimum absolute atomic E-state index is 0.0601. The van der Waals surface area contributed by atoms with Gasteiger partial charge >= 0.3 is 12.0 Å². The molecule has 2 amide bonds. The largest absolute Gasteiger partial charge is 0.481 e. The fraction of sp³-hybridized carbons (Fsp3) is 0.875. The second-order valence-corrected chi connectivity index (χ2v) is 6.79. The van der Waals surface area contributed by atoms with E-state index in [0.29, 0.717) is 44.3 Å². The summed E-state index contributed by atoms with van der Waals surface area (Å²) in [6.45, 7) is 5.26. The molecule has 2 fully saturated rings. The second-order valence-electron chi connectivity index (χ2n) is 6.79. The van der Waals surface area contributed by atoms with Gasteiger partial charge in [0.1, 0.15) is 0 Å². The fourth-order valence-corrected chi connectivity index (χ4v) is 3.47. The van der Waals surface area contributed by atoms with Crippen LogP contribution in [0.15, 0.2) is 0 Å². The van der Waals surface area contributed by atoms with Gasteiger partial charge in [0.15, 0.2) is 0 Å². The van der Waals surface area contributed by atoms with Crippen molar-refractivity contribution in [2.45, 2.75) is 58.4 Å². The molecule has 2 aliphatic rings. The molecule has 1 saturated heterocycles. The molecule has 2 rings (SSSR count). The van der Waals surface area contributed by atoms with Gasteiger partial charge in [0.2, 0.25) is 0 Å². The number of aliphatic carboxylic acids is 1. The molecule has 0 aromatic rings. The molecule has 1 unspecified atom stereocenters. The van der Waals surface area contributed by atoms with Crippen LogP contribution in [-0.4, -0.2) is 53.1 Å². The van der Waals surface area contributed by atoms with Crippen LogP contribution >= 0.6 is 0 Å². The number of urea groups is 1. The first-order chi connectivity index (χ1) is 9.91. The minimum Gasteiger partial charge on any atom is -0.481 e. The van der Waals surface area contributed by atoms with Crippen LogP contribution in [0.1, 0.15) is 52.4 Å². The molecule has 0 aromatic heterocycles. The third kappa shape index (κ3) is 3.33. The Morgan fingerprint density at radius 1 is 1.33 bits per heavy atom. The summed E-state index contributed by atoms with van der Waals surface area (Å²) in [7, 11) is 1.87. The lowest BCUT2D eigenvalue weighted by Crippen LogP contribution is -2.51. The van der Waals surface area contributed by atoms with Crippen molar-refractivity contribution < 1.29 is 14.7 Å². The van der Waals surface area contributed by atoms with E-state index in [1.807, 2.05) is 23.8 Å². The summed E-state index contributed by atoms with van der Waals surface area (Å²) in [6.07, 6.45) is 5.17. The molecule has 1 saturated carbocycles. The summed E-state index contributed by atoms with van der Waals surface area (Å²) in [4.78, 5) is 27.8. The van der Waals surface area contributed by atoms with Gasteiger partial charge < -0.3 is 14.9 Å². The number of rotatable bonds is 5. The summed E-state index contributed by atoms with van der Waals surface area (Å²) >= 11 is 0. The predicted molar refractivity (Wildman–Crippen MR) is 81.1 cm³/mol. The number of nitrogens with zero attached hydrogens (tertiary/aromatic N) is 2. The topological polar surface area (TPSA) is 60.9 Å². The quantitative estimate of drug-likeness (QED) is 0.848. The molecule has 1 heterocycles. The first kappa shape index (κ1) is 16.1. The minimum atomic E-state index is -0.698. The van der Waals surface area contributed by atoms with Crippen molar-refractivity contribution in [2.24, 2.45) is 11.3 Å². The van der Waals surface area contributed by atoms with Crippen LogP contribution in [0.5, 0.6) is 0 Å². The molecule has 0 aromatic carbocycles. The standard InChI is InChI=1S/C16H28N2O3/c1-4-7-16(14(19)20)8-10-18(11-9-16)15(21)17(3)12(2)13-5-6-13/h12-13H,4-11H2,1-3H3,(H,19,20). The van der Waals surface area contributed by atoms with Crippen molar-refractivity contribution in [3.8, 4) is 0 Å². The van der Waals surface area contributed by atoms with Crippen molar-refractivity contribution in [1.82, 2.24) is 9.80 Å². The molecule has 120 valence electrons. The average molecular weight is 296 g/mol. The van der Waals surface area contributed by atoms with Gasteiger partial charge in [-0.25, -0.2) is 4.79 Å². The Bertz CT molecular complexity index is 398. The highest BCUT2D eigenvalue weighted by Crippen LogP contribution is 2.38. The number of carbonyl (C=O) groups is 2. The van der Waals surface area contributed by atoms with E-state index in [1.54, 1.807) is 0 Å². The van der Waals surface area contributed by atoms with Crippen LogP contribution in [0.2, 0.25) is 0 Å². The van der Waals surface area contributed by atoms with Crippen LogP contribution in [0.25, 0.3) is 0 Å². The number of hydrogen-bond donors (Lipinski definition) is 1. The van der Waals surface area contributed by atoms with Crippen LogP contribution < -0.4 is 0 Å². The summed E-state index contributed by atoms with van der Waals surface area (Å²) in [5, 5.41) is 9.51. The highest BCUT2D eigenvalue weighted by molar-refractivity contribution is 5.77. The maximum Gasteiger partial charge on any atom is 0.319 e. The molecule has 5 nitrogen and oxygen atoms in total. The lowest BCUT2D eigenvalue weighted by atomic mass is 9.75. The smallest absolute Gasteiger partial charge is 0.319 e. The summed E-state index contributed by atoms with van der Waals surface area (Å²) in [5.41, 5.74) is -0.619. The van der Waals surface area contributed by atoms with Crippen molar-refractivity contribution in [3.05, 3.63) is 0 Å². The molecule has 21 heavy (non-hydrogen) atoms. The number of carboxylic acid groups (broad SMARTS) is 1. The Morgan fingerprint density at radius 2 is 1.90 bits per heavy atom. The molecule has 0 spiro atoms. The van der Waals surface area contributed by atoms with Gasteiger partial charge in [-0.1, -0.05) is 13.3 Å². The molecule has 0 radical (unpaired) electrons. The van der Waals surface area contributed by atoms with Gasteiger partial charge in [-0.15, -0.1) is 0 Å². The first-order valence-electron chi connectivity index (χ1n) is 8.16. The maximum atomic E-state index is 12.5. The van der Waals surface area contributed by atoms with E-state index in [4.69, 9.17) is 0 Å². The molecular formula is C16H28N2O3. The monoisotopic (exact) mass is 296 g/mol. The van der Waals surface area contributed by atoms with E-state index < -0.39 is 11.4 Å². The summed E-state index contributed by atoms with van der Waals surface area (Å²) < 4.78 is 0. The van der Waals surface area contributed by atoms with E-state index in [2.05, 4.69) is 6.92 Å². The number of amides is 2. The van der Waals surface area contributed by atoms with Gasteiger partial charge in [0, 0.05) is 26.2 Å². The SMILES string of the molecule is CCCC1(C(=O)O)CCN(C(=O)N(C)C(C)C2CC2)CC1. The molecule has 5 heteroatoms. The maximum absolute atomic E-state index is 12.5. The van der Waals surface area contributed by atoms with E-state index in [9.17, 15) is 14.7 Å². The van der Waals surface area contributed by atoms with E-state index >= 15 is 0 Å². The Kier molecular flexibility index (Phi) is 4.79. The fourth-order valence-electron chi connectivity index (χ4n) is 3.47. The van der Waals surface area contributed by atoms with Gasteiger partial charge in [-0.05, 0) is 44.9 Å². The van der Waals surface area contributed by atoms with Crippen molar-refractivity contribution in [1.29, 1.82) is 0 Å². The van der Waals surface area contributed by atoms with Crippen LogP contribution in [0, 0.1) is 11.3 Å². The average Bonchev–Trinajstić information content (AvgIpc) is 3.30. The zero-order valence-electron chi connectivity index (χ0n) is 13.5. The van der Waals surface area contributed by atoms with Crippen LogP contribution in [-0.2, 0) is 4.79 Å². The number of carbonyl (C=O) groups excluding carboxylic acids is 1. The molecule has 1 atom stereocenters. The van der Waals surface area contributed by atoms with Gasteiger partial charge in [0.05, 0.1) is 5.41 Å². The lowest BCUT2D eigenvalue weighted by molar-refractivity contribution is -0.152. The van der Waals surface area contributed by atoms with E-state index in [-0.39, 0.29) is 6.03 Å². The Morgan fingerprint density at radius 3 is 2.33 bits per heavy atom. The number of likely N-dealkylation sites (tertiary alicyclic amines) is 1. The van der Waals surface area contributed by atoms with Gasteiger partial charge in [-0.2, -0.15) is 0 Å². The Balaban J connectivity index is 1.93. The molecular weight excluding hydrogens is 268 g/mol. The zero-order valence-corrected chi connectivity index (χ0v) is 13.5. The summed E-state index contributed by atoms with van der Waals surface area (Å²) in [6, 6.07) is 0.351. The molecule has 1 aliphatic heterocycles. The Labute approximate surface area is 127 Å². The zero-order chi connectivity index (χ0) is 15.6. The van der Waals surface area contributed by atoms with E-state index in [0.717, 1.165) is 6.42 Å². The van der Waals surface area contributed by atoms with Crippen LogP contribution in [0.3, 0.4) is 0 Å². The summed E-state index contributed by atoms with van der Waals surface area (Å²) in [5.74, 6) is -0.0434. The van der Waals surface area contributed by atoms with Gasteiger partial charge in [-0.3, -0.25) is 4.79 Å². The third-order valence-corrected chi connectivity index (χ3v) is 5.39. The van der Waals surface area contributed by atoms with E-state index in [1.165, 1.54) is 12.8 Å².